The fraction of sp³-hybridized carbons (Fsp3) is 0.538. The molecule has 0 heterocycles. The predicted octanol–water partition coefficient (Wildman–Crippen LogP) is 2.84. The maximum absolute atomic E-state index is 11.4. The lowest BCUT2D eigenvalue weighted by atomic mass is 10.1. The lowest BCUT2D eigenvalue weighted by Gasteiger charge is -2.15. The molecule has 0 saturated carbocycles. The molecule has 18 heavy (non-hydrogen) atoms. The molecule has 0 fully saturated rings. The second-order valence-electron chi connectivity index (χ2n) is 4.42. The summed E-state index contributed by atoms with van der Waals surface area (Å²) in [5, 5.41) is 3.24. The number of nitrogens with one attached hydrogen (secondary N) is 1. The molecular formula is C13H20BrNO2S. The first-order chi connectivity index (χ1) is 8.35. The summed E-state index contributed by atoms with van der Waals surface area (Å²) < 4.78 is 23.8. The van der Waals surface area contributed by atoms with Crippen LogP contribution in [0.3, 0.4) is 0 Å². The first kappa shape index (κ1) is 15.7. The minimum atomic E-state index is -2.88. The number of sulfone groups is 1. The molecule has 0 aliphatic carbocycles. The first-order valence-corrected chi connectivity index (χ1v) is 8.67. The zero-order chi connectivity index (χ0) is 13.8. The van der Waals surface area contributed by atoms with Crippen LogP contribution < -0.4 is 5.32 Å². The summed E-state index contributed by atoms with van der Waals surface area (Å²) in [4.78, 5) is 0. The number of hydrogen-bond donors (Lipinski definition) is 1. The Labute approximate surface area is 118 Å². The maximum Gasteiger partial charge on any atom is 0.151 e. The average Bonchev–Trinajstić information content (AvgIpc) is 2.32. The summed E-state index contributed by atoms with van der Waals surface area (Å²) in [6.45, 7) is 6.26. The molecule has 1 aromatic rings. The molecule has 1 rings (SSSR count). The fourth-order valence-corrected chi connectivity index (χ4v) is 2.59. The highest BCUT2D eigenvalue weighted by Crippen LogP contribution is 2.20. The highest BCUT2D eigenvalue weighted by atomic mass is 79.9. The van der Waals surface area contributed by atoms with E-state index in [2.05, 4.69) is 27.3 Å². The van der Waals surface area contributed by atoms with E-state index in [0.717, 1.165) is 4.47 Å². The molecule has 0 aromatic heterocycles. The molecular weight excluding hydrogens is 314 g/mol. The first-order valence-electron chi connectivity index (χ1n) is 6.05. The largest absolute Gasteiger partial charge is 0.309 e. The summed E-state index contributed by atoms with van der Waals surface area (Å²) in [5.74, 6) is 0.407. The van der Waals surface area contributed by atoms with Crippen molar-refractivity contribution in [2.45, 2.75) is 26.8 Å². The van der Waals surface area contributed by atoms with Crippen LogP contribution in [0.25, 0.3) is 0 Å². The van der Waals surface area contributed by atoms with Gasteiger partial charge in [0.15, 0.2) is 9.84 Å². The topological polar surface area (TPSA) is 46.2 Å². The maximum atomic E-state index is 11.4. The van der Waals surface area contributed by atoms with Crippen LogP contribution in [0.1, 0.15) is 31.0 Å². The third-order valence-electron chi connectivity index (χ3n) is 2.99. The van der Waals surface area contributed by atoms with Gasteiger partial charge in [0.1, 0.15) is 0 Å². The van der Waals surface area contributed by atoms with E-state index >= 15 is 0 Å². The molecule has 0 radical (unpaired) electrons. The van der Waals surface area contributed by atoms with Crippen LogP contribution in [-0.4, -0.2) is 26.5 Å². The van der Waals surface area contributed by atoms with Crippen molar-refractivity contribution >= 4 is 25.8 Å². The Morgan fingerprint density at radius 2 is 2.06 bits per heavy atom. The summed E-state index contributed by atoms with van der Waals surface area (Å²) in [7, 11) is -2.88. The molecule has 0 saturated heterocycles. The lowest BCUT2D eigenvalue weighted by molar-refractivity contribution is 0.573. The van der Waals surface area contributed by atoms with Crippen molar-refractivity contribution in [2.75, 3.05) is 18.1 Å². The van der Waals surface area contributed by atoms with E-state index in [1.165, 1.54) is 11.1 Å². The Morgan fingerprint density at radius 3 is 2.61 bits per heavy atom. The number of benzene rings is 1. The van der Waals surface area contributed by atoms with Crippen LogP contribution in [0, 0.1) is 6.92 Å². The molecule has 3 nitrogen and oxygen atoms in total. The van der Waals surface area contributed by atoms with Crippen LogP contribution in [0.4, 0.5) is 0 Å². The van der Waals surface area contributed by atoms with Gasteiger partial charge in [0.2, 0.25) is 0 Å². The zero-order valence-electron chi connectivity index (χ0n) is 11.0. The third kappa shape index (κ3) is 4.71. The van der Waals surface area contributed by atoms with Gasteiger partial charge in [-0.05, 0) is 31.0 Å². The Kier molecular flexibility index (Phi) is 5.82. The number of rotatable bonds is 6. The summed E-state index contributed by atoms with van der Waals surface area (Å²) >= 11 is 3.47. The van der Waals surface area contributed by atoms with Gasteiger partial charge in [-0.3, -0.25) is 0 Å². The quantitative estimate of drug-likeness (QED) is 0.870. The minimum Gasteiger partial charge on any atom is -0.309 e. The summed E-state index contributed by atoms with van der Waals surface area (Å²) in [6.07, 6.45) is 0. The van der Waals surface area contributed by atoms with E-state index in [1.54, 1.807) is 6.92 Å². The van der Waals surface area contributed by atoms with Crippen LogP contribution >= 0.6 is 15.9 Å². The van der Waals surface area contributed by atoms with E-state index in [4.69, 9.17) is 0 Å². The predicted molar refractivity (Wildman–Crippen MR) is 79.6 cm³/mol. The van der Waals surface area contributed by atoms with E-state index < -0.39 is 9.84 Å². The normalized spacial score (nSPS) is 13.6. The average molecular weight is 334 g/mol. The molecule has 0 aliphatic heterocycles. The van der Waals surface area contributed by atoms with E-state index in [1.807, 2.05) is 26.0 Å². The van der Waals surface area contributed by atoms with Gasteiger partial charge in [0.05, 0.1) is 5.75 Å². The zero-order valence-corrected chi connectivity index (χ0v) is 13.4. The molecule has 1 aromatic carbocycles. The number of hydrogen-bond acceptors (Lipinski definition) is 3. The lowest BCUT2D eigenvalue weighted by Crippen LogP contribution is -2.26. The van der Waals surface area contributed by atoms with Gasteiger partial charge in [-0.25, -0.2) is 8.42 Å². The van der Waals surface area contributed by atoms with Gasteiger partial charge in [-0.1, -0.05) is 35.0 Å². The second-order valence-corrected chi connectivity index (χ2v) is 7.75. The molecule has 0 spiro atoms. The SMILES string of the molecule is CCS(=O)(=O)CCNC(C)c1ccc(Br)c(C)c1. The molecule has 0 bridgehead atoms. The third-order valence-corrected chi connectivity index (χ3v) is 5.58. The molecule has 5 heteroatoms. The van der Waals surface area contributed by atoms with Crippen LogP contribution in [0.2, 0.25) is 0 Å². The highest BCUT2D eigenvalue weighted by molar-refractivity contribution is 9.10. The monoisotopic (exact) mass is 333 g/mol. The Hall–Kier alpha value is -0.390. The molecule has 102 valence electrons. The minimum absolute atomic E-state index is 0.156. The molecule has 0 aliphatic rings. The molecule has 1 N–H and O–H groups in total. The van der Waals surface area contributed by atoms with Crippen molar-refractivity contribution in [1.82, 2.24) is 5.32 Å². The van der Waals surface area contributed by atoms with Crippen LogP contribution in [0.5, 0.6) is 0 Å². The van der Waals surface area contributed by atoms with Crippen molar-refractivity contribution in [2.24, 2.45) is 0 Å². The number of halogens is 1. The Bertz CT molecular complexity index is 500. The van der Waals surface area contributed by atoms with E-state index in [9.17, 15) is 8.42 Å². The van der Waals surface area contributed by atoms with E-state index in [-0.39, 0.29) is 17.5 Å². The Morgan fingerprint density at radius 1 is 1.39 bits per heavy atom. The van der Waals surface area contributed by atoms with Crippen LogP contribution in [0.15, 0.2) is 22.7 Å². The van der Waals surface area contributed by atoms with Crippen molar-refractivity contribution in [3.05, 3.63) is 33.8 Å². The molecule has 0 amide bonds. The summed E-state index contributed by atoms with van der Waals surface area (Å²) in [6, 6.07) is 6.33. The standard InChI is InChI=1S/C13H20BrNO2S/c1-4-18(16,17)8-7-15-11(3)12-5-6-13(14)10(2)9-12/h5-6,9,11,15H,4,7-8H2,1-3H3. The smallest absolute Gasteiger partial charge is 0.151 e. The van der Waals surface area contributed by atoms with Crippen molar-refractivity contribution in [1.29, 1.82) is 0 Å². The molecule has 1 unspecified atom stereocenters. The van der Waals surface area contributed by atoms with Crippen molar-refractivity contribution < 1.29 is 8.42 Å². The number of aryl methyl sites for hydroxylation is 1. The van der Waals surface area contributed by atoms with Gasteiger partial charge in [0.25, 0.3) is 0 Å². The van der Waals surface area contributed by atoms with Gasteiger partial charge in [-0.15, -0.1) is 0 Å². The second kappa shape index (κ2) is 6.68. The van der Waals surface area contributed by atoms with Crippen molar-refractivity contribution in [3.8, 4) is 0 Å². The summed E-state index contributed by atoms with van der Waals surface area (Å²) in [5.41, 5.74) is 2.35. The van der Waals surface area contributed by atoms with Gasteiger partial charge in [-0.2, -0.15) is 0 Å². The molecule has 1 atom stereocenters. The fourth-order valence-electron chi connectivity index (χ4n) is 1.63. The Balaban J connectivity index is 2.55. The van der Waals surface area contributed by atoms with Crippen LogP contribution in [-0.2, 0) is 9.84 Å². The highest BCUT2D eigenvalue weighted by Gasteiger charge is 2.10. The van der Waals surface area contributed by atoms with Crippen molar-refractivity contribution in [3.63, 3.8) is 0 Å². The van der Waals surface area contributed by atoms with Gasteiger partial charge < -0.3 is 5.32 Å². The van der Waals surface area contributed by atoms with Gasteiger partial charge >= 0.3 is 0 Å². The van der Waals surface area contributed by atoms with E-state index in [0.29, 0.717) is 6.54 Å². The van der Waals surface area contributed by atoms with Gasteiger partial charge in [0, 0.05) is 22.8 Å².